The summed E-state index contributed by atoms with van der Waals surface area (Å²) in [6, 6.07) is 18.0. The number of aryl methyl sites for hydroxylation is 1. The Labute approximate surface area is 193 Å². The molecule has 1 atom stereocenters. The largest absolute Gasteiger partial charge is 0.355 e. The number of para-hydroxylation sites is 3. The van der Waals surface area contributed by atoms with Crippen LogP contribution in [0.2, 0.25) is 0 Å². The van der Waals surface area contributed by atoms with Gasteiger partial charge in [0, 0.05) is 38.8 Å². The van der Waals surface area contributed by atoms with Crippen LogP contribution in [0.25, 0.3) is 11.0 Å². The molecule has 1 unspecified atom stereocenters. The van der Waals surface area contributed by atoms with E-state index in [1.54, 1.807) is 7.05 Å². The fourth-order valence-corrected chi connectivity index (χ4v) is 3.81. The van der Waals surface area contributed by atoms with Crippen molar-refractivity contribution < 1.29 is 4.79 Å². The first kappa shape index (κ1) is 22.1. The number of hydrogen-bond acceptors (Lipinski definition) is 3. The zero-order valence-electron chi connectivity index (χ0n) is 17.2. The van der Waals surface area contributed by atoms with Gasteiger partial charge in [0.25, 0.3) is 0 Å². The zero-order valence-corrected chi connectivity index (χ0v) is 19.5. The summed E-state index contributed by atoms with van der Waals surface area (Å²) < 4.78 is 2.20. The Morgan fingerprint density at radius 2 is 1.90 bits per heavy atom. The Bertz CT molecular complexity index is 1030. The molecule has 4 rings (SSSR count). The van der Waals surface area contributed by atoms with Gasteiger partial charge < -0.3 is 20.1 Å². The second-order valence-corrected chi connectivity index (χ2v) is 7.18. The number of benzene rings is 2. The number of amides is 1. The van der Waals surface area contributed by atoms with Crippen LogP contribution in [0.15, 0.2) is 59.6 Å². The molecule has 158 valence electrons. The lowest BCUT2D eigenvalue weighted by molar-refractivity contribution is -0.117. The molecule has 0 spiro atoms. The first-order valence-corrected chi connectivity index (χ1v) is 9.90. The molecule has 1 aliphatic rings. The molecule has 1 amide bonds. The highest BCUT2D eigenvalue weighted by Gasteiger charge is 2.31. The molecule has 2 aromatic carbocycles. The van der Waals surface area contributed by atoms with Crippen LogP contribution in [-0.2, 0) is 11.3 Å². The number of aliphatic imine (C=N–C) groups is 1. The van der Waals surface area contributed by atoms with Crippen molar-refractivity contribution in [3.63, 3.8) is 0 Å². The van der Waals surface area contributed by atoms with Crippen molar-refractivity contribution in [3.8, 4) is 0 Å². The van der Waals surface area contributed by atoms with Crippen molar-refractivity contribution in [1.82, 2.24) is 20.2 Å². The van der Waals surface area contributed by atoms with Crippen molar-refractivity contribution in [2.24, 2.45) is 4.99 Å². The second-order valence-electron chi connectivity index (χ2n) is 7.18. The van der Waals surface area contributed by atoms with Gasteiger partial charge in [0.2, 0.25) is 5.91 Å². The topological polar surface area (TPSA) is 74.5 Å². The molecule has 7 nitrogen and oxygen atoms in total. The molecule has 0 radical (unpaired) electrons. The van der Waals surface area contributed by atoms with E-state index in [-0.39, 0.29) is 35.9 Å². The molecule has 0 aliphatic carbocycles. The van der Waals surface area contributed by atoms with Crippen LogP contribution in [0.4, 0.5) is 5.69 Å². The highest BCUT2D eigenvalue weighted by atomic mass is 127. The van der Waals surface area contributed by atoms with Crippen LogP contribution in [0.3, 0.4) is 0 Å². The minimum Gasteiger partial charge on any atom is -0.355 e. The molecule has 1 aromatic heterocycles. The van der Waals surface area contributed by atoms with Gasteiger partial charge in [-0.2, -0.15) is 0 Å². The maximum absolute atomic E-state index is 12.4. The third-order valence-corrected chi connectivity index (χ3v) is 5.23. The van der Waals surface area contributed by atoms with Crippen LogP contribution in [-0.4, -0.2) is 47.6 Å². The number of nitrogens with one attached hydrogen (secondary N) is 2. The highest BCUT2D eigenvalue weighted by molar-refractivity contribution is 14.0. The molecular weight excluding hydrogens is 491 g/mol. The second kappa shape index (κ2) is 9.92. The van der Waals surface area contributed by atoms with E-state index < -0.39 is 0 Å². The highest BCUT2D eigenvalue weighted by Crippen LogP contribution is 2.21. The molecule has 2 heterocycles. The minimum absolute atomic E-state index is 0. The summed E-state index contributed by atoms with van der Waals surface area (Å²) >= 11 is 0. The fraction of sp³-hybridized carbons (Fsp3) is 0.318. The van der Waals surface area contributed by atoms with E-state index in [0.717, 1.165) is 29.1 Å². The first-order valence-electron chi connectivity index (χ1n) is 9.90. The Morgan fingerprint density at radius 1 is 1.17 bits per heavy atom. The van der Waals surface area contributed by atoms with E-state index >= 15 is 0 Å². The lowest BCUT2D eigenvalue weighted by Crippen LogP contribution is -2.45. The van der Waals surface area contributed by atoms with Crippen LogP contribution < -0.4 is 15.5 Å². The lowest BCUT2D eigenvalue weighted by Gasteiger charge is -2.19. The summed E-state index contributed by atoms with van der Waals surface area (Å²) in [5, 5.41) is 6.74. The van der Waals surface area contributed by atoms with Gasteiger partial charge in [-0.25, -0.2) is 4.98 Å². The number of anilines is 1. The molecular formula is C22H27IN6O. The lowest BCUT2D eigenvalue weighted by atomic mass is 10.2. The molecule has 30 heavy (non-hydrogen) atoms. The van der Waals surface area contributed by atoms with Crippen molar-refractivity contribution in [1.29, 1.82) is 0 Å². The van der Waals surface area contributed by atoms with E-state index in [9.17, 15) is 4.79 Å². The number of halogens is 1. The minimum atomic E-state index is 0. The maximum atomic E-state index is 12.4. The summed E-state index contributed by atoms with van der Waals surface area (Å²) in [6.07, 6.45) is 0.459. The number of guanidine groups is 1. The molecule has 1 saturated heterocycles. The molecule has 2 N–H and O–H groups in total. The zero-order chi connectivity index (χ0) is 20.2. The van der Waals surface area contributed by atoms with Crippen molar-refractivity contribution in [3.05, 3.63) is 60.4 Å². The van der Waals surface area contributed by atoms with Gasteiger partial charge in [0.15, 0.2) is 5.96 Å². The first-order chi connectivity index (χ1) is 14.2. The third kappa shape index (κ3) is 4.75. The number of carbonyl (C=O) groups excluding carboxylic acids is 1. The number of rotatable bonds is 5. The van der Waals surface area contributed by atoms with Crippen molar-refractivity contribution in [2.75, 3.05) is 25.0 Å². The summed E-state index contributed by atoms with van der Waals surface area (Å²) in [4.78, 5) is 23.2. The van der Waals surface area contributed by atoms with Gasteiger partial charge >= 0.3 is 0 Å². The maximum Gasteiger partial charge on any atom is 0.229 e. The van der Waals surface area contributed by atoms with E-state index in [0.29, 0.717) is 25.5 Å². The molecule has 1 aliphatic heterocycles. The normalized spacial score (nSPS) is 16.6. The fourth-order valence-electron chi connectivity index (χ4n) is 3.81. The average molecular weight is 518 g/mol. The Balaban J connectivity index is 0.00000256. The molecule has 0 saturated carbocycles. The summed E-state index contributed by atoms with van der Waals surface area (Å²) in [5.41, 5.74) is 3.08. The van der Waals surface area contributed by atoms with Gasteiger partial charge in [-0.3, -0.25) is 9.79 Å². The van der Waals surface area contributed by atoms with Gasteiger partial charge in [-0.05, 0) is 31.2 Å². The van der Waals surface area contributed by atoms with Crippen LogP contribution >= 0.6 is 24.0 Å². The van der Waals surface area contributed by atoms with Gasteiger partial charge in [-0.1, -0.05) is 30.3 Å². The number of fused-ring (bicyclic) bond motifs is 1. The summed E-state index contributed by atoms with van der Waals surface area (Å²) in [6.45, 7) is 4.15. The number of aromatic nitrogens is 2. The predicted octanol–water partition coefficient (Wildman–Crippen LogP) is 2.93. The molecule has 8 heteroatoms. The number of hydrogen-bond donors (Lipinski definition) is 2. The Kier molecular flexibility index (Phi) is 7.30. The van der Waals surface area contributed by atoms with Gasteiger partial charge in [-0.15, -0.1) is 24.0 Å². The smallest absolute Gasteiger partial charge is 0.229 e. The Morgan fingerprint density at radius 3 is 2.67 bits per heavy atom. The Hall–Kier alpha value is -2.62. The number of carbonyl (C=O) groups is 1. The van der Waals surface area contributed by atoms with Crippen molar-refractivity contribution in [2.45, 2.75) is 25.9 Å². The van der Waals surface area contributed by atoms with Crippen molar-refractivity contribution >= 4 is 52.6 Å². The summed E-state index contributed by atoms with van der Waals surface area (Å²) in [5.74, 6) is 1.83. The van der Waals surface area contributed by atoms with Crippen LogP contribution in [0, 0.1) is 6.92 Å². The molecule has 1 fully saturated rings. The number of imidazole rings is 1. The predicted molar refractivity (Wildman–Crippen MR) is 132 cm³/mol. The SMILES string of the molecule is CN=C(NCCn1c(C)nc2ccccc21)NC1CC(=O)N(c2ccccc2)C1.I. The standard InChI is InChI=1S/C22H26N6O.HI/c1-16-25-19-10-6-7-11-20(19)27(16)13-12-24-22(23-2)26-17-14-21(29)28(15-17)18-8-4-3-5-9-18;/h3-11,17H,12-15H2,1-2H3,(H2,23,24,26);1H. The van der Waals surface area contributed by atoms with E-state index in [4.69, 9.17) is 0 Å². The summed E-state index contributed by atoms with van der Waals surface area (Å²) in [7, 11) is 1.75. The van der Waals surface area contributed by atoms with Crippen LogP contribution in [0.1, 0.15) is 12.2 Å². The average Bonchev–Trinajstić information content (AvgIpc) is 3.27. The quantitative estimate of drug-likeness (QED) is 0.310. The van der Waals surface area contributed by atoms with Crippen LogP contribution in [0.5, 0.6) is 0 Å². The van der Waals surface area contributed by atoms with Gasteiger partial charge in [0.05, 0.1) is 17.1 Å². The molecule has 0 bridgehead atoms. The van der Waals surface area contributed by atoms with E-state index in [1.807, 2.05) is 60.4 Å². The van der Waals surface area contributed by atoms with E-state index in [2.05, 4.69) is 31.2 Å². The third-order valence-electron chi connectivity index (χ3n) is 5.23. The van der Waals surface area contributed by atoms with E-state index in [1.165, 1.54) is 0 Å². The number of nitrogens with zero attached hydrogens (tertiary/aromatic N) is 4. The monoisotopic (exact) mass is 518 g/mol. The molecule has 3 aromatic rings. The van der Waals surface area contributed by atoms with Gasteiger partial charge in [0.1, 0.15) is 5.82 Å².